The van der Waals surface area contributed by atoms with Crippen LogP contribution >= 0.6 is 0 Å². The van der Waals surface area contributed by atoms with Gasteiger partial charge in [-0.05, 0) is 32.6 Å². The van der Waals surface area contributed by atoms with Crippen molar-refractivity contribution in [1.82, 2.24) is 9.88 Å². The zero-order valence-corrected chi connectivity index (χ0v) is 11.5. The largest absolute Gasteiger partial charge is 0.382 e. The summed E-state index contributed by atoms with van der Waals surface area (Å²) in [7, 11) is 4.11. The molecule has 0 aliphatic rings. The molecule has 5 heteroatoms. The Hall–Kier alpha value is -1.62. The van der Waals surface area contributed by atoms with E-state index in [0.29, 0.717) is 5.69 Å². The Bertz CT molecular complexity index is 389. The van der Waals surface area contributed by atoms with E-state index in [9.17, 15) is 0 Å². The van der Waals surface area contributed by atoms with Crippen LogP contribution in [0.5, 0.6) is 0 Å². The van der Waals surface area contributed by atoms with E-state index in [1.807, 2.05) is 12.1 Å². The molecule has 3 N–H and O–H groups in total. The molecule has 0 amide bonds. The number of nitrogens with two attached hydrogens (primary N) is 1. The van der Waals surface area contributed by atoms with Crippen LogP contribution in [0.2, 0.25) is 0 Å². The Kier molecular flexibility index (Phi) is 5.58. The number of likely N-dealkylation sites (N-methyl/N-ethyl adjacent to an activating group) is 1. The highest BCUT2D eigenvalue weighted by molar-refractivity contribution is 5.98. The SMILES string of the molecule is CCCN(CCN(C)C)c1cccnc1C(=N)N. The van der Waals surface area contributed by atoms with Crippen LogP contribution in [-0.2, 0) is 0 Å². The van der Waals surface area contributed by atoms with Crippen molar-refractivity contribution in [2.24, 2.45) is 5.73 Å². The first-order valence-corrected chi connectivity index (χ1v) is 6.25. The number of nitrogen functional groups attached to an aromatic ring is 1. The first-order valence-electron chi connectivity index (χ1n) is 6.25. The minimum absolute atomic E-state index is 0.0246. The molecular weight excluding hydrogens is 226 g/mol. The van der Waals surface area contributed by atoms with Crippen molar-refractivity contribution in [3.63, 3.8) is 0 Å². The van der Waals surface area contributed by atoms with Gasteiger partial charge in [0.25, 0.3) is 0 Å². The summed E-state index contributed by atoms with van der Waals surface area (Å²) < 4.78 is 0. The van der Waals surface area contributed by atoms with Crippen LogP contribution in [0.15, 0.2) is 18.3 Å². The minimum Gasteiger partial charge on any atom is -0.382 e. The molecule has 0 unspecified atom stereocenters. The summed E-state index contributed by atoms with van der Waals surface area (Å²) in [4.78, 5) is 8.59. The molecule has 100 valence electrons. The van der Waals surface area contributed by atoms with E-state index in [-0.39, 0.29) is 5.84 Å². The number of hydrogen-bond acceptors (Lipinski definition) is 4. The number of pyridine rings is 1. The van der Waals surface area contributed by atoms with E-state index in [2.05, 4.69) is 35.8 Å². The van der Waals surface area contributed by atoms with Gasteiger partial charge in [-0.2, -0.15) is 0 Å². The van der Waals surface area contributed by atoms with Gasteiger partial charge in [-0.3, -0.25) is 10.4 Å². The molecule has 0 aliphatic carbocycles. The van der Waals surface area contributed by atoms with Gasteiger partial charge in [-0.25, -0.2) is 0 Å². The van der Waals surface area contributed by atoms with E-state index in [0.717, 1.165) is 31.7 Å². The average Bonchev–Trinajstić information content (AvgIpc) is 2.34. The summed E-state index contributed by atoms with van der Waals surface area (Å²) in [6, 6.07) is 3.87. The fourth-order valence-electron chi connectivity index (χ4n) is 1.80. The predicted octanol–water partition coefficient (Wildman–Crippen LogP) is 1.14. The molecule has 0 radical (unpaired) electrons. The standard InChI is InChI=1S/C13H23N5/c1-4-8-18(10-9-17(2)3)11-6-5-7-16-12(11)13(14)15/h5-7H,4,8-10H2,1-3H3,(H3,14,15). The van der Waals surface area contributed by atoms with Gasteiger partial charge in [0.1, 0.15) is 11.5 Å². The first-order chi connectivity index (χ1) is 8.56. The van der Waals surface area contributed by atoms with E-state index >= 15 is 0 Å². The van der Waals surface area contributed by atoms with E-state index in [1.165, 1.54) is 0 Å². The van der Waals surface area contributed by atoms with Crippen LogP contribution < -0.4 is 10.6 Å². The number of hydrogen-bond donors (Lipinski definition) is 2. The summed E-state index contributed by atoms with van der Waals surface area (Å²) in [5.74, 6) is 0.0246. The van der Waals surface area contributed by atoms with Gasteiger partial charge in [-0.1, -0.05) is 6.92 Å². The third kappa shape index (κ3) is 4.00. The van der Waals surface area contributed by atoms with E-state index < -0.39 is 0 Å². The molecule has 1 rings (SSSR count). The Labute approximate surface area is 109 Å². The molecule has 0 spiro atoms. The summed E-state index contributed by atoms with van der Waals surface area (Å²) in [6.45, 7) is 4.96. The van der Waals surface area contributed by atoms with Gasteiger partial charge in [0.2, 0.25) is 0 Å². The molecule has 0 fully saturated rings. The maximum atomic E-state index is 7.60. The summed E-state index contributed by atoms with van der Waals surface area (Å²) in [6.07, 6.45) is 2.73. The van der Waals surface area contributed by atoms with Crippen LogP contribution in [0.25, 0.3) is 0 Å². The summed E-state index contributed by atoms with van der Waals surface area (Å²) >= 11 is 0. The van der Waals surface area contributed by atoms with Gasteiger partial charge in [0.15, 0.2) is 0 Å². The Morgan fingerprint density at radius 1 is 1.33 bits per heavy atom. The Balaban J connectivity index is 2.93. The lowest BCUT2D eigenvalue weighted by Gasteiger charge is -2.27. The van der Waals surface area contributed by atoms with Gasteiger partial charge >= 0.3 is 0 Å². The number of nitrogens with zero attached hydrogens (tertiary/aromatic N) is 3. The fourth-order valence-corrected chi connectivity index (χ4v) is 1.80. The average molecular weight is 249 g/mol. The van der Waals surface area contributed by atoms with Gasteiger partial charge in [0.05, 0.1) is 5.69 Å². The molecule has 0 saturated carbocycles. The topological polar surface area (TPSA) is 69.2 Å². The molecule has 0 atom stereocenters. The maximum Gasteiger partial charge on any atom is 0.143 e. The number of amidine groups is 1. The van der Waals surface area contributed by atoms with Gasteiger partial charge < -0.3 is 15.5 Å². The quantitative estimate of drug-likeness (QED) is 0.562. The van der Waals surface area contributed by atoms with Crippen LogP contribution in [-0.4, -0.2) is 49.4 Å². The van der Waals surface area contributed by atoms with Crippen LogP contribution in [0.4, 0.5) is 5.69 Å². The molecule has 1 heterocycles. The smallest absolute Gasteiger partial charge is 0.143 e. The highest BCUT2D eigenvalue weighted by Crippen LogP contribution is 2.18. The lowest BCUT2D eigenvalue weighted by atomic mass is 10.2. The van der Waals surface area contributed by atoms with Crippen LogP contribution in [0.3, 0.4) is 0 Å². The van der Waals surface area contributed by atoms with Crippen molar-refractivity contribution in [1.29, 1.82) is 5.41 Å². The second-order valence-electron chi connectivity index (χ2n) is 4.58. The summed E-state index contributed by atoms with van der Waals surface area (Å²) in [5, 5.41) is 7.60. The van der Waals surface area contributed by atoms with Crippen molar-refractivity contribution in [3.8, 4) is 0 Å². The van der Waals surface area contributed by atoms with Crippen molar-refractivity contribution < 1.29 is 0 Å². The maximum absolute atomic E-state index is 7.60. The lowest BCUT2D eigenvalue weighted by Crippen LogP contribution is -2.34. The normalized spacial score (nSPS) is 10.7. The van der Waals surface area contributed by atoms with Crippen molar-refractivity contribution in [3.05, 3.63) is 24.0 Å². The van der Waals surface area contributed by atoms with E-state index in [1.54, 1.807) is 6.20 Å². The fraction of sp³-hybridized carbons (Fsp3) is 0.538. The Morgan fingerprint density at radius 2 is 2.06 bits per heavy atom. The van der Waals surface area contributed by atoms with Gasteiger partial charge in [0, 0.05) is 25.8 Å². The zero-order chi connectivity index (χ0) is 13.5. The molecule has 0 aromatic carbocycles. The van der Waals surface area contributed by atoms with Crippen molar-refractivity contribution in [2.75, 3.05) is 38.6 Å². The second-order valence-corrected chi connectivity index (χ2v) is 4.58. The monoisotopic (exact) mass is 249 g/mol. The molecular formula is C13H23N5. The molecule has 0 bridgehead atoms. The van der Waals surface area contributed by atoms with Crippen molar-refractivity contribution in [2.45, 2.75) is 13.3 Å². The van der Waals surface area contributed by atoms with Crippen LogP contribution in [0.1, 0.15) is 19.0 Å². The predicted molar refractivity (Wildman–Crippen MR) is 76.3 cm³/mol. The van der Waals surface area contributed by atoms with Crippen molar-refractivity contribution >= 4 is 11.5 Å². The molecule has 18 heavy (non-hydrogen) atoms. The molecule has 5 nitrogen and oxygen atoms in total. The summed E-state index contributed by atoms with van der Waals surface area (Å²) in [5.41, 5.74) is 7.11. The highest BCUT2D eigenvalue weighted by atomic mass is 15.2. The number of anilines is 1. The van der Waals surface area contributed by atoms with E-state index in [4.69, 9.17) is 11.1 Å². The minimum atomic E-state index is 0.0246. The third-order valence-corrected chi connectivity index (χ3v) is 2.69. The number of aromatic nitrogens is 1. The Morgan fingerprint density at radius 3 is 2.61 bits per heavy atom. The third-order valence-electron chi connectivity index (χ3n) is 2.69. The zero-order valence-electron chi connectivity index (χ0n) is 11.5. The number of rotatable bonds is 7. The highest BCUT2D eigenvalue weighted by Gasteiger charge is 2.13. The van der Waals surface area contributed by atoms with Gasteiger partial charge in [-0.15, -0.1) is 0 Å². The number of nitrogens with one attached hydrogen (secondary N) is 1. The molecule has 0 aliphatic heterocycles. The molecule has 0 saturated heterocycles. The lowest BCUT2D eigenvalue weighted by molar-refractivity contribution is 0.413. The second kappa shape index (κ2) is 6.96. The molecule has 1 aromatic heterocycles. The first kappa shape index (κ1) is 14.4. The van der Waals surface area contributed by atoms with Crippen LogP contribution in [0, 0.1) is 5.41 Å². The molecule has 1 aromatic rings.